The quantitative estimate of drug-likeness (QED) is 0.730. The first-order valence-electron chi connectivity index (χ1n) is 8.51. The maximum Gasteiger partial charge on any atom is 0.307 e. The molecule has 2 atom stereocenters. The number of carbonyl (C=O) groups excluding carboxylic acids is 2. The molecule has 0 radical (unpaired) electrons. The number of hydrogen-bond donors (Lipinski definition) is 3. The van der Waals surface area contributed by atoms with Crippen LogP contribution in [0.1, 0.15) is 24.2 Å². The van der Waals surface area contributed by atoms with Gasteiger partial charge < -0.3 is 15.7 Å². The van der Waals surface area contributed by atoms with Crippen LogP contribution in [0.4, 0.5) is 20.2 Å². The first kappa shape index (κ1) is 19.5. The predicted molar refractivity (Wildman–Crippen MR) is 97.8 cm³/mol. The summed E-state index contributed by atoms with van der Waals surface area (Å²) in [6, 6.07) is 8.72. The summed E-state index contributed by atoms with van der Waals surface area (Å²) in [7, 11) is 0. The Balaban J connectivity index is 1.71. The zero-order chi connectivity index (χ0) is 20.6. The summed E-state index contributed by atoms with van der Waals surface area (Å²) in [5.74, 6) is -5.22. The van der Waals surface area contributed by atoms with Crippen molar-refractivity contribution in [1.29, 1.82) is 0 Å². The molecule has 0 saturated heterocycles. The highest BCUT2D eigenvalue weighted by molar-refractivity contribution is 6.06. The average molecular weight is 388 g/mol. The van der Waals surface area contributed by atoms with E-state index in [-0.39, 0.29) is 11.3 Å². The predicted octanol–water partition coefficient (Wildman–Crippen LogP) is 3.51. The summed E-state index contributed by atoms with van der Waals surface area (Å²) in [5, 5.41) is 14.1. The Labute approximate surface area is 159 Å². The molecule has 1 aliphatic carbocycles. The van der Waals surface area contributed by atoms with Crippen molar-refractivity contribution in [3.05, 3.63) is 59.7 Å². The molecule has 0 heterocycles. The fourth-order valence-electron chi connectivity index (χ4n) is 3.33. The maximum atomic E-state index is 13.7. The Bertz CT molecular complexity index is 974. The molecule has 2 amide bonds. The molecular formula is C20H18F2N2O4. The summed E-state index contributed by atoms with van der Waals surface area (Å²) >= 11 is 0. The highest BCUT2D eigenvalue weighted by atomic mass is 19.1. The van der Waals surface area contributed by atoms with E-state index in [1.165, 1.54) is 18.2 Å². The smallest absolute Gasteiger partial charge is 0.307 e. The number of benzene rings is 2. The van der Waals surface area contributed by atoms with Crippen molar-refractivity contribution in [1.82, 2.24) is 0 Å². The minimum Gasteiger partial charge on any atom is -0.481 e. The topological polar surface area (TPSA) is 95.5 Å². The number of carboxylic acid groups (broad SMARTS) is 1. The second kappa shape index (κ2) is 7.03. The first-order valence-corrected chi connectivity index (χ1v) is 8.51. The summed E-state index contributed by atoms with van der Waals surface area (Å²) in [6.45, 7) is 3.41. The lowest BCUT2D eigenvalue weighted by molar-refractivity contribution is -0.140. The maximum absolute atomic E-state index is 13.7. The van der Waals surface area contributed by atoms with Crippen molar-refractivity contribution in [2.75, 3.05) is 10.6 Å². The lowest BCUT2D eigenvalue weighted by Crippen LogP contribution is -2.18. The van der Waals surface area contributed by atoms with Gasteiger partial charge in [-0.3, -0.25) is 14.4 Å². The van der Waals surface area contributed by atoms with Gasteiger partial charge in [0, 0.05) is 17.3 Å². The van der Waals surface area contributed by atoms with Gasteiger partial charge in [0.15, 0.2) is 0 Å². The van der Waals surface area contributed by atoms with Crippen LogP contribution in [0.25, 0.3) is 0 Å². The first-order chi connectivity index (χ1) is 13.1. The fourth-order valence-corrected chi connectivity index (χ4v) is 3.33. The zero-order valence-electron chi connectivity index (χ0n) is 15.1. The molecule has 0 spiro atoms. The molecule has 146 valence electrons. The summed E-state index contributed by atoms with van der Waals surface area (Å²) in [6.07, 6.45) is 0. The molecule has 3 N–H and O–H groups in total. The summed E-state index contributed by atoms with van der Waals surface area (Å²) in [5.41, 5.74) is -0.370. The van der Waals surface area contributed by atoms with Crippen molar-refractivity contribution in [3.8, 4) is 0 Å². The van der Waals surface area contributed by atoms with Gasteiger partial charge in [-0.05, 0) is 35.7 Å². The molecule has 6 nitrogen and oxygen atoms in total. The molecule has 8 heteroatoms. The van der Waals surface area contributed by atoms with E-state index < -0.39 is 46.7 Å². The Kier molecular flexibility index (Phi) is 4.89. The van der Waals surface area contributed by atoms with Crippen molar-refractivity contribution >= 4 is 29.2 Å². The molecule has 0 aromatic heterocycles. The number of nitrogens with one attached hydrogen (secondary N) is 2. The molecule has 3 rings (SSSR count). The van der Waals surface area contributed by atoms with Crippen LogP contribution < -0.4 is 10.6 Å². The Hall–Kier alpha value is -3.29. The molecule has 2 aromatic carbocycles. The van der Waals surface area contributed by atoms with Crippen molar-refractivity contribution in [2.24, 2.45) is 17.3 Å². The van der Waals surface area contributed by atoms with E-state index in [0.717, 1.165) is 12.1 Å². The van der Waals surface area contributed by atoms with E-state index in [0.29, 0.717) is 11.8 Å². The molecule has 1 saturated carbocycles. The molecule has 0 bridgehead atoms. The molecule has 28 heavy (non-hydrogen) atoms. The van der Waals surface area contributed by atoms with Crippen molar-refractivity contribution < 1.29 is 28.3 Å². The van der Waals surface area contributed by atoms with Crippen LogP contribution in [-0.2, 0) is 9.59 Å². The molecule has 2 aromatic rings. The number of anilines is 2. The number of aliphatic carboxylic acids is 1. The molecule has 0 unspecified atom stereocenters. The summed E-state index contributed by atoms with van der Waals surface area (Å²) < 4.78 is 26.6. The third kappa shape index (κ3) is 3.71. The molecular weight excluding hydrogens is 370 g/mol. The van der Waals surface area contributed by atoms with Crippen LogP contribution >= 0.6 is 0 Å². The number of hydrogen-bond acceptors (Lipinski definition) is 3. The fraction of sp³-hybridized carbons (Fsp3) is 0.250. The average Bonchev–Trinajstić information content (AvgIpc) is 3.20. The van der Waals surface area contributed by atoms with Gasteiger partial charge in [-0.2, -0.15) is 0 Å². The monoisotopic (exact) mass is 388 g/mol. The van der Waals surface area contributed by atoms with E-state index in [2.05, 4.69) is 10.6 Å². The second-order valence-corrected chi connectivity index (χ2v) is 7.26. The lowest BCUT2D eigenvalue weighted by atomic mass is 10.1. The van der Waals surface area contributed by atoms with E-state index in [4.69, 9.17) is 0 Å². The molecule has 1 aliphatic rings. The Morgan fingerprint density at radius 2 is 1.71 bits per heavy atom. The van der Waals surface area contributed by atoms with Gasteiger partial charge in [-0.25, -0.2) is 8.78 Å². The normalized spacial score (nSPS) is 19.6. The third-order valence-electron chi connectivity index (χ3n) is 4.95. The minimum atomic E-state index is -1.03. The van der Waals surface area contributed by atoms with Gasteiger partial charge in [0.2, 0.25) is 5.91 Å². The van der Waals surface area contributed by atoms with Gasteiger partial charge >= 0.3 is 5.97 Å². The van der Waals surface area contributed by atoms with E-state index in [1.54, 1.807) is 19.9 Å². The van der Waals surface area contributed by atoms with E-state index in [9.17, 15) is 28.3 Å². The highest BCUT2D eigenvalue weighted by Crippen LogP contribution is 2.58. The standard InChI is InChI=1S/C20H18F2N2O4/c1-20(2)15(16(20)19(27)28)18(26)23-12-5-3-4-10(8-12)17(25)24-14-7-6-11(21)9-13(14)22/h3-9,15-16H,1-2H3,(H,23,26)(H,24,25)(H,27,28)/t15-,16+/m0/s1. The third-order valence-corrected chi connectivity index (χ3v) is 4.95. The van der Waals surface area contributed by atoms with Gasteiger partial charge in [-0.15, -0.1) is 0 Å². The van der Waals surface area contributed by atoms with E-state index >= 15 is 0 Å². The number of rotatable bonds is 5. The van der Waals surface area contributed by atoms with Gasteiger partial charge in [0.05, 0.1) is 17.5 Å². The largest absolute Gasteiger partial charge is 0.481 e. The van der Waals surface area contributed by atoms with Crippen LogP contribution in [0.15, 0.2) is 42.5 Å². The van der Waals surface area contributed by atoms with Crippen LogP contribution in [0, 0.1) is 28.9 Å². The summed E-state index contributed by atoms with van der Waals surface area (Å²) in [4.78, 5) is 35.9. The zero-order valence-corrected chi connectivity index (χ0v) is 15.1. The van der Waals surface area contributed by atoms with Gasteiger partial charge in [0.25, 0.3) is 5.91 Å². The Morgan fingerprint density at radius 3 is 2.32 bits per heavy atom. The van der Waals surface area contributed by atoms with Gasteiger partial charge in [0.1, 0.15) is 11.6 Å². The minimum absolute atomic E-state index is 0.145. The van der Waals surface area contributed by atoms with Gasteiger partial charge in [-0.1, -0.05) is 19.9 Å². The van der Waals surface area contributed by atoms with Crippen LogP contribution in [0.5, 0.6) is 0 Å². The second-order valence-electron chi connectivity index (χ2n) is 7.26. The SMILES string of the molecule is CC1(C)[C@H](C(=O)Nc2cccc(C(=O)Nc3ccc(F)cc3F)c2)[C@@H]1C(=O)O. The number of carboxylic acids is 1. The number of amides is 2. The molecule has 1 fully saturated rings. The van der Waals surface area contributed by atoms with E-state index in [1.807, 2.05) is 0 Å². The lowest BCUT2D eigenvalue weighted by Gasteiger charge is -2.09. The number of carbonyl (C=O) groups is 3. The molecule has 0 aliphatic heterocycles. The van der Waals surface area contributed by atoms with Crippen LogP contribution in [0.2, 0.25) is 0 Å². The van der Waals surface area contributed by atoms with Crippen LogP contribution in [-0.4, -0.2) is 22.9 Å². The van der Waals surface area contributed by atoms with Crippen molar-refractivity contribution in [2.45, 2.75) is 13.8 Å². The highest BCUT2D eigenvalue weighted by Gasteiger charge is 2.65. The van der Waals surface area contributed by atoms with Crippen molar-refractivity contribution in [3.63, 3.8) is 0 Å². The van der Waals surface area contributed by atoms with Crippen LogP contribution in [0.3, 0.4) is 0 Å². The number of halogens is 2. The Morgan fingerprint density at radius 1 is 1.00 bits per heavy atom.